The molecule has 0 bridgehead atoms. The van der Waals surface area contributed by atoms with E-state index in [0.29, 0.717) is 46.1 Å². The highest BCUT2D eigenvalue weighted by atomic mass is 16.5. The van der Waals surface area contributed by atoms with Crippen molar-refractivity contribution >= 4 is 12.8 Å². The summed E-state index contributed by atoms with van der Waals surface area (Å²) in [7, 11) is 9.80. The lowest BCUT2D eigenvalue weighted by atomic mass is 10.2. The van der Waals surface area contributed by atoms with E-state index in [0.717, 1.165) is 58.8 Å². The first kappa shape index (κ1) is 47.5. The van der Waals surface area contributed by atoms with Gasteiger partial charge in [0, 0.05) is 59.6 Å². The van der Waals surface area contributed by atoms with Gasteiger partial charge >= 0.3 is 0 Å². The van der Waals surface area contributed by atoms with E-state index in [2.05, 4.69) is 25.9 Å². The zero-order chi connectivity index (χ0) is 27.3. The molecule has 0 spiro atoms. The SMILES string of the molecule is C.C.C.CCCCOCCCCCOCCN(C)C.CN(C)CCOCCN(C=O)CCOCCN(C)C=O. The molecule has 0 saturated carbocycles. The summed E-state index contributed by atoms with van der Waals surface area (Å²) in [6, 6.07) is 0. The van der Waals surface area contributed by atoms with Crippen molar-refractivity contribution in [1.82, 2.24) is 19.6 Å². The van der Waals surface area contributed by atoms with E-state index in [1.807, 2.05) is 19.0 Å². The molecule has 0 radical (unpaired) electrons. The van der Waals surface area contributed by atoms with Crippen molar-refractivity contribution in [3.63, 3.8) is 0 Å². The van der Waals surface area contributed by atoms with E-state index in [1.165, 1.54) is 30.6 Å². The van der Waals surface area contributed by atoms with E-state index >= 15 is 0 Å². The molecule has 0 aromatic carbocycles. The highest BCUT2D eigenvalue weighted by Crippen LogP contribution is 1.98. The van der Waals surface area contributed by atoms with Gasteiger partial charge in [-0.15, -0.1) is 0 Å². The van der Waals surface area contributed by atoms with Crippen LogP contribution in [0.15, 0.2) is 0 Å². The van der Waals surface area contributed by atoms with Crippen LogP contribution in [0.1, 0.15) is 61.3 Å². The second-order valence-corrected chi connectivity index (χ2v) is 9.20. The largest absolute Gasteiger partial charge is 0.381 e. The minimum absolute atomic E-state index is 0. The van der Waals surface area contributed by atoms with Crippen LogP contribution in [-0.2, 0) is 28.5 Å². The lowest BCUT2D eigenvalue weighted by Gasteiger charge is -2.18. The van der Waals surface area contributed by atoms with Crippen molar-refractivity contribution in [2.75, 3.05) is 121 Å². The van der Waals surface area contributed by atoms with Gasteiger partial charge in [-0.05, 0) is 53.9 Å². The molecule has 0 saturated heterocycles. The number of unbranched alkanes of at least 4 members (excludes halogenated alkanes) is 3. The van der Waals surface area contributed by atoms with Crippen molar-refractivity contribution in [3.8, 4) is 0 Å². The quantitative estimate of drug-likeness (QED) is 0.116. The number of ether oxygens (including phenoxy) is 4. The Balaban J connectivity index is -0.000000187. The number of hydrogen-bond acceptors (Lipinski definition) is 8. The van der Waals surface area contributed by atoms with Gasteiger partial charge in [-0.1, -0.05) is 35.6 Å². The van der Waals surface area contributed by atoms with Crippen molar-refractivity contribution < 1.29 is 28.5 Å². The van der Waals surface area contributed by atoms with Crippen LogP contribution in [0, 0.1) is 0 Å². The first-order valence-electron chi connectivity index (χ1n) is 13.3. The maximum absolute atomic E-state index is 10.8. The monoisotopic (exact) mass is 569 g/mol. The smallest absolute Gasteiger partial charge is 0.209 e. The summed E-state index contributed by atoms with van der Waals surface area (Å²) in [5.74, 6) is 0. The van der Waals surface area contributed by atoms with Gasteiger partial charge in [-0.25, -0.2) is 0 Å². The Bertz CT molecular complexity index is 459. The van der Waals surface area contributed by atoms with Gasteiger partial charge in [0.15, 0.2) is 0 Å². The number of likely N-dealkylation sites (N-methyl/N-ethyl adjacent to an activating group) is 3. The molecule has 0 N–H and O–H groups in total. The highest BCUT2D eigenvalue weighted by Gasteiger charge is 2.02. The van der Waals surface area contributed by atoms with Gasteiger partial charge in [0.05, 0.1) is 33.0 Å². The molecule has 10 nitrogen and oxygen atoms in total. The third-order valence-electron chi connectivity index (χ3n) is 5.05. The predicted octanol–water partition coefficient (Wildman–Crippen LogP) is 3.59. The summed E-state index contributed by atoms with van der Waals surface area (Å²) in [5, 5.41) is 0. The molecule has 0 aliphatic heterocycles. The predicted molar refractivity (Wildman–Crippen MR) is 166 cm³/mol. The number of carbonyl (C=O) groups excluding carboxylic acids is 2. The van der Waals surface area contributed by atoms with Crippen LogP contribution in [0.3, 0.4) is 0 Å². The van der Waals surface area contributed by atoms with Crippen molar-refractivity contribution in [2.24, 2.45) is 0 Å². The van der Waals surface area contributed by atoms with Crippen molar-refractivity contribution in [1.29, 1.82) is 0 Å². The van der Waals surface area contributed by atoms with Crippen LogP contribution < -0.4 is 0 Å². The first-order valence-corrected chi connectivity index (χ1v) is 13.3. The Hall–Kier alpha value is -1.30. The molecular weight excluding hydrogens is 500 g/mol. The van der Waals surface area contributed by atoms with E-state index in [-0.39, 0.29) is 22.3 Å². The van der Waals surface area contributed by atoms with E-state index < -0.39 is 0 Å². The average Bonchev–Trinajstić information content (AvgIpc) is 2.85. The normalized spacial score (nSPS) is 10.1. The fourth-order valence-electron chi connectivity index (χ4n) is 2.58. The third-order valence-corrected chi connectivity index (χ3v) is 5.05. The minimum Gasteiger partial charge on any atom is -0.381 e. The number of amides is 2. The molecule has 0 aliphatic rings. The maximum Gasteiger partial charge on any atom is 0.209 e. The summed E-state index contributed by atoms with van der Waals surface area (Å²) in [6.45, 7) is 11.4. The summed E-state index contributed by atoms with van der Waals surface area (Å²) < 4.78 is 21.8. The molecule has 0 heterocycles. The molecule has 0 aliphatic carbocycles. The molecule has 10 heteroatoms. The van der Waals surface area contributed by atoms with Crippen LogP contribution in [0.25, 0.3) is 0 Å². The molecule has 0 aromatic heterocycles. The van der Waals surface area contributed by atoms with Crippen LogP contribution >= 0.6 is 0 Å². The molecule has 39 heavy (non-hydrogen) atoms. The zero-order valence-electron chi connectivity index (χ0n) is 24.1. The third kappa shape index (κ3) is 44.0. The Morgan fingerprint density at radius 2 is 0.872 bits per heavy atom. The summed E-state index contributed by atoms with van der Waals surface area (Å²) in [4.78, 5) is 28.5. The van der Waals surface area contributed by atoms with Gasteiger partial charge in [0.1, 0.15) is 0 Å². The van der Waals surface area contributed by atoms with Crippen LogP contribution in [0.5, 0.6) is 0 Å². The van der Waals surface area contributed by atoms with Gasteiger partial charge in [-0.3, -0.25) is 9.59 Å². The second-order valence-electron chi connectivity index (χ2n) is 9.20. The van der Waals surface area contributed by atoms with Crippen LogP contribution in [-0.4, -0.2) is 153 Å². The second kappa shape index (κ2) is 38.8. The summed E-state index contributed by atoms with van der Waals surface area (Å²) in [5.41, 5.74) is 0. The lowest BCUT2D eigenvalue weighted by Crippen LogP contribution is -2.31. The van der Waals surface area contributed by atoms with Gasteiger partial charge in [-0.2, -0.15) is 0 Å². The van der Waals surface area contributed by atoms with Crippen molar-refractivity contribution in [2.45, 2.75) is 61.3 Å². The Morgan fingerprint density at radius 1 is 0.487 bits per heavy atom. The molecule has 0 fully saturated rings. The number of nitrogens with zero attached hydrogens (tertiary/aromatic N) is 4. The zero-order valence-corrected chi connectivity index (χ0v) is 24.1. The van der Waals surface area contributed by atoms with Gasteiger partial charge in [0.2, 0.25) is 12.8 Å². The molecular formula is C29H68N4O6. The number of rotatable bonds is 26. The lowest BCUT2D eigenvalue weighted by molar-refractivity contribution is -0.119. The fraction of sp³-hybridized carbons (Fsp3) is 0.931. The maximum atomic E-state index is 10.8. The topological polar surface area (TPSA) is 84.0 Å². The molecule has 0 rings (SSSR count). The first-order chi connectivity index (χ1) is 17.4. The molecule has 0 aromatic rings. The highest BCUT2D eigenvalue weighted by molar-refractivity contribution is 5.46. The fourth-order valence-corrected chi connectivity index (χ4v) is 2.58. The standard InChI is InChI=1S/C13H27N3O4.C13H29NO2.3CH4/c1-14(2)4-8-19-10-6-16(13-18)7-11-20-9-5-15(3)12-17;1-4-5-10-15-11-7-6-8-12-16-13-9-14(2)3;;;/h12-13H,4-11H2,1-3H3;4-13H2,1-3H3;3*1H4. The number of carbonyl (C=O) groups is 2. The van der Waals surface area contributed by atoms with Gasteiger partial charge in [0.25, 0.3) is 0 Å². The van der Waals surface area contributed by atoms with E-state index in [1.54, 1.807) is 11.9 Å². The summed E-state index contributed by atoms with van der Waals surface area (Å²) >= 11 is 0. The van der Waals surface area contributed by atoms with Crippen LogP contribution in [0.4, 0.5) is 0 Å². The average molecular weight is 569 g/mol. The summed E-state index contributed by atoms with van der Waals surface area (Å²) in [6.07, 6.45) is 7.51. The Kier molecular flexibility index (Phi) is 47.3. The Labute approximate surface area is 243 Å². The van der Waals surface area contributed by atoms with Crippen LogP contribution in [0.2, 0.25) is 0 Å². The molecule has 0 unspecified atom stereocenters. The molecule has 0 atom stereocenters. The molecule has 2 amide bonds. The Morgan fingerprint density at radius 3 is 1.28 bits per heavy atom. The van der Waals surface area contributed by atoms with E-state index in [9.17, 15) is 9.59 Å². The van der Waals surface area contributed by atoms with Crippen molar-refractivity contribution in [3.05, 3.63) is 0 Å². The minimum atomic E-state index is 0. The number of hydrogen-bond donors (Lipinski definition) is 0. The van der Waals surface area contributed by atoms with E-state index in [4.69, 9.17) is 18.9 Å². The van der Waals surface area contributed by atoms with Gasteiger partial charge < -0.3 is 38.5 Å². The molecule has 240 valence electrons.